The van der Waals surface area contributed by atoms with E-state index in [0.717, 1.165) is 31.2 Å². The molecule has 0 atom stereocenters. The molecule has 0 unspecified atom stereocenters. The monoisotopic (exact) mass is 307 g/mol. The molecule has 0 saturated carbocycles. The first-order valence-electron chi connectivity index (χ1n) is 8.26. The minimum atomic E-state index is 0.390. The lowest BCUT2D eigenvalue weighted by Gasteiger charge is -2.18. The summed E-state index contributed by atoms with van der Waals surface area (Å²) in [5, 5.41) is 11.2. The molecule has 5 nitrogen and oxygen atoms in total. The van der Waals surface area contributed by atoms with Gasteiger partial charge in [0.15, 0.2) is 5.96 Å². The van der Waals surface area contributed by atoms with E-state index in [1.165, 1.54) is 17.7 Å². The number of aliphatic imine (C=N–C) groups is 1. The standard InChI is InChI=1S/C17H33N5/c1-8-18-16(19-11-9-10-17(4,5)6)20-12-15-13(2)21-22(7)14(15)3/h8-12H2,1-7H3,(H2,18,19,20). The average molecular weight is 307 g/mol. The molecule has 0 spiro atoms. The Bertz CT molecular complexity index is 494. The summed E-state index contributed by atoms with van der Waals surface area (Å²) in [6.07, 6.45) is 2.36. The van der Waals surface area contributed by atoms with Gasteiger partial charge in [-0.05, 0) is 39.0 Å². The summed E-state index contributed by atoms with van der Waals surface area (Å²) in [6, 6.07) is 0. The molecule has 0 fully saturated rings. The number of aryl methyl sites for hydroxylation is 2. The van der Waals surface area contributed by atoms with E-state index in [1.807, 2.05) is 18.7 Å². The Balaban J connectivity index is 2.58. The Morgan fingerprint density at radius 1 is 1.23 bits per heavy atom. The van der Waals surface area contributed by atoms with Gasteiger partial charge in [0.2, 0.25) is 0 Å². The van der Waals surface area contributed by atoms with Crippen LogP contribution < -0.4 is 10.6 Å². The lowest BCUT2D eigenvalue weighted by atomic mass is 9.91. The van der Waals surface area contributed by atoms with Gasteiger partial charge in [0, 0.05) is 31.4 Å². The fourth-order valence-electron chi connectivity index (χ4n) is 2.37. The fraction of sp³-hybridized carbons (Fsp3) is 0.765. The zero-order valence-corrected chi connectivity index (χ0v) is 15.4. The van der Waals surface area contributed by atoms with Crippen molar-refractivity contribution in [2.24, 2.45) is 17.5 Å². The molecule has 126 valence electrons. The van der Waals surface area contributed by atoms with Gasteiger partial charge in [-0.1, -0.05) is 20.8 Å². The van der Waals surface area contributed by atoms with Crippen molar-refractivity contribution in [3.8, 4) is 0 Å². The summed E-state index contributed by atoms with van der Waals surface area (Å²) < 4.78 is 1.92. The number of nitrogens with zero attached hydrogens (tertiary/aromatic N) is 3. The molecule has 1 heterocycles. The van der Waals surface area contributed by atoms with E-state index in [9.17, 15) is 0 Å². The molecule has 0 aliphatic rings. The summed E-state index contributed by atoms with van der Waals surface area (Å²) in [7, 11) is 1.98. The first-order chi connectivity index (χ1) is 10.2. The molecule has 0 aliphatic heterocycles. The maximum atomic E-state index is 4.69. The zero-order valence-electron chi connectivity index (χ0n) is 15.4. The van der Waals surface area contributed by atoms with Crippen molar-refractivity contribution >= 4 is 5.96 Å². The van der Waals surface area contributed by atoms with Gasteiger partial charge in [-0.25, -0.2) is 4.99 Å². The molecule has 22 heavy (non-hydrogen) atoms. The number of nitrogens with one attached hydrogen (secondary N) is 2. The molecule has 0 bridgehead atoms. The van der Waals surface area contributed by atoms with Crippen LogP contribution in [0.5, 0.6) is 0 Å². The second-order valence-electron chi connectivity index (χ2n) is 7.06. The average Bonchev–Trinajstić information content (AvgIpc) is 2.65. The van der Waals surface area contributed by atoms with E-state index in [1.54, 1.807) is 0 Å². The zero-order chi connectivity index (χ0) is 16.8. The predicted molar refractivity (Wildman–Crippen MR) is 94.2 cm³/mol. The van der Waals surface area contributed by atoms with E-state index >= 15 is 0 Å². The lowest BCUT2D eigenvalue weighted by molar-refractivity contribution is 0.365. The van der Waals surface area contributed by atoms with Gasteiger partial charge in [-0.15, -0.1) is 0 Å². The Labute approximate surface area is 135 Å². The molecule has 1 aromatic rings. The molecule has 0 aromatic carbocycles. The van der Waals surface area contributed by atoms with Gasteiger partial charge in [0.25, 0.3) is 0 Å². The van der Waals surface area contributed by atoms with Gasteiger partial charge < -0.3 is 10.6 Å². The molecule has 0 aliphatic carbocycles. The van der Waals surface area contributed by atoms with Crippen molar-refractivity contribution in [2.45, 2.75) is 60.9 Å². The van der Waals surface area contributed by atoms with E-state index in [0.29, 0.717) is 12.0 Å². The molecular weight excluding hydrogens is 274 g/mol. The second kappa shape index (κ2) is 8.20. The van der Waals surface area contributed by atoms with E-state index in [4.69, 9.17) is 4.99 Å². The SMILES string of the molecule is CCNC(=NCc1c(C)nn(C)c1C)NCCCC(C)(C)C. The first-order valence-corrected chi connectivity index (χ1v) is 8.26. The highest BCUT2D eigenvalue weighted by molar-refractivity contribution is 5.79. The highest BCUT2D eigenvalue weighted by atomic mass is 15.3. The Hall–Kier alpha value is -1.52. The van der Waals surface area contributed by atoms with Crippen molar-refractivity contribution < 1.29 is 0 Å². The normalized spacial score (nSPS) is 12.6. The third-order valence-corrected chi connectivity index (χ3v) is 3.79. The highest BCUT2D eigenvalue weighted by Crippen LogP contribution is 2.19. The van der Waals surface area contributed by atoms with E-state index in [-0.39, 0.29) is 0 Å². The number of rotatable bonds is 6. The van der Waals surface area contributed by atoms with Crippen molar-refractivity contribution in [2.75, 3.05) is 13.1 Å². The van der Waals surface area contributed by atoms with Gasteiger partial charge >= 0.3 is 0 Å². The molecule has 2 N–H and O–H groups in total. The van der Waals surface area contributed by atoms with Crippen molar-refractivity contribution in [3.05, 3.63) is 17.0 Å². The van der Waals surface area contributed by atoms with Gasteiger partial charge in [-0.2, -0.15) is 5.10 Å². The summed E-state index contributed by atoms with van der Waals surface area (Å²) in [4.78, 5) is 4.69. The van der Waals surface area contributed by atoms with Gasteiger partial charge in [0.1, 0.15) is 0 Å². The number of aromatic nitrogens is 2. The van der Waals surface area contributed by atoms with Crippen LogP contribution in [0.15, 0.2) is 4.99 Å². The van der Waals surface area contributed by atoms with Crippen LogP contribution in [-0.4, -0.2) is 28.8 Å². The van der Waals surface area contributed by atoms with Crippen LogP contribution in [0.3, 0.4) is 0 Å². The molecule has 5 heteroatoms. The number of hydrogen-bond donors (Lipinski definition) is 2. The number of hydrogen-bond acceptors (Lipinski definition) is 2. The van der Waals surface area contributed by atoms with E-state index in [2.05, 4.69) is 50.4 Å². The predicted octanol–water partition coefficient (Wildman–Crippen LogP) is 2.92. The third kappa shape index (κ3) is 6.08. The van der Waals surface area contributed by atoms with Crippen LogP contribution in [0.4, 0.5) is 0 Å². The first kappa shape index (κ1) is 18.5. The summed E-state index contributed by atoms with van der Waals surface area (Å²) in [6.45, 7) is 15.5. The van der Waals surface area contributed by atoms with Crippen molar-refractivity contribution in [1.82, 2.24) is 20.4 Å². The minimum absolute atomic E-state index is 0.390. The fourth-order valence-corrected chi connectivity index (χ4v) is 2.37. The Morgan fingerprint density at radius 2 is 1.91 bits per heavy atom. The van der Waals surface area contributed by atoms with Crippen LogP contribution in [0.2, 0.25) is 0 Å². The smallest absolute Gasteiger partial charge is 0.191 e. The van der Waals surface area contributed by atoms with Crippen molar-refractivity contribution in [1.29, 1.82) is 0 Å². The third-order valence-electron chi connectivity index (χ3n) is 3.79. The molecule has 1 rings (SSSR count). The van der Waals surface area contributed by atoms with E-state index < -0.39 is 0 Å². The molecule has 0 saturated heterocycles. The summed E-state index contributed by atoms with van der Waals surface area (Å²) in [5.41, 5.74) is 3.85. The largest absolute Gasteiger partial charge is 0.357 e. The van der Waals surface area contributed by atoms with Crippen LogP contribution in [0, 0.1) is 19.3 Å². The molecule has 0 radical (unpaired) electrons. The molecular formula is C17H33N5. The van der Waals surface area contributed by atoms with Crippen LogP contribution >= 0.6 is 0 Å². The van der Waals surface area contributed by atoms with Crippen LogP contribution in [-0.2, 0) is 13.6 Å². The minimum Gasteiger partial charge on any atom is -0.357 e. The highest BCUT2D eigenvalue weighted by Gasteiger charge is 2.10. The topological polar surface area (TPSA) is 54.2 Å². The van der Waals surface area contributed by atoms with Crippen molar-refractivity contribution in [3.63, 3.8) is 0 Å². The Morgan fingerprint density at radius 3 is 2.41 bits per heavy atom. The van der Waals surface area contributed by atoms with Crippen LogP contribution in [0.25, 0.3) is 0 Å². The van der Waals surface area contributed by atoms with Gasteiger partial charge in [0.05, 0.1) is 12.2 Å². The quantitative estimate of drug-likeness (QED) is 0.483. The summed E-state index contributed by atoms with van der Waals surface area (Å²) >= 11 is 0. The maximum absolute atomic E-state index is 4.69. The lowest BCUT2D eigenvalue weighted by Crippen LogP contribution is -2.38. The Kier molecular flexibility index (Phi) is 6.91. The van der Waals surface area contributed by atoms with Crippen LogP contribution in [0.1, 0.15) is 57.5 Å². The maximum Gasteiger partial charge on any atom is 0.191 e. The summed E-state index contributed by atoms with van der Waals surface area (Å²) in [5.74, 6) is 0.888. The second-order valence-corrected chi connectivity index (χ2v) is 7.06. The molecule has 0 amide bonds. The van der Waals surface area contributed by atoms with Gasteiger partial charge in [-0.3, -0.25) is 4.68 Å². The number of guanidine groups is 1. The molecule has 1 aromatic heterocycles.